The predicted molar refractivity (Wildman–Crippen MR) is 125 cm³/mol. The molecule has 0 aliphatic heterocycles. The fourth-order valence-corrected chi connectivity index (χ4v) is 5.04. The van der Waals surface area contributed by atoms with E-state index in [-0.39, 0.29) is 22.4 Å². The van der Waals surface area contributed by atoms with Gasteiger partial charge in [-0.15, -0.1) is 11.3 Å². The second kappa shape index (κ2) is 8.69. The van der Waals surface area contributed by atoms with Gasteiger partial charge in [-0.05, 0) is 17.7 Å². The van der Waals surface area contributed by atoms with Gasteiger partial charge in [-0.3, -0.25) is 9.59 Å². The number of thiophene rings is 1. The average molecular weight is 477 g/mol. The van der Waals surface area contributed by atoms with Crippen LogP contribution in [0, 0.1) is 0 Å². The van der Waals surface area contributed by atoms with Crippen LogP contribution in [0.5, 0.6) is 0 Å². The maximum absolute atomic E-state index is 12.9. The first-order chi connectivity index (χ1) is 14.5. The van der Waals surface area contributed by atoms with Crippen molar-refractivity contribution in [1.29, 1.82) is 0 Å². The van der Waals surface area contributed by atoms with Gasteiger partial charge in [0.2, 0.25) is 5.91 Å². The molecule has 1 amide bonds. The molecule has 0 fully saturated rings. The van der Waals surface area contributed by atoms with Gasteiger partial charge in [0.05, 0.1) is 26.9 Å². The first kappa shape index (κ1) is 20.7. The Labute approximate surface area is 189 Å². The molecule has 3 N–H and O–H groups in total. The van der Waals surface area contributed by atoms with Gasteiger partial charge in [-0.25, -0.2) is 9.66 Å². The SMILES string of the molecule is Nn1c(SCC(=O)Nc2c(Cl)cccc2Cl)nc2scc(-c3ccccc3)c2c1=O. The number of nitrogens with one attached hydrogen (secondary N) is 1. The number of nitrogens with zero attached hydrogens (tertiary/aromatic N) is 2. The minimum atomic E-state index is -0.364. The number of nitrogens with two attached hydrogens (primary N) is 1. The molecular formula is C20H14Cl2N4O2S2. The molecule has 0 saturated heterocycles. The standard InChI is InChI=1S/C20H14Cl2N4O2S2/c21-13-7-4-8-14(22)17(13)24-15(27)10-30-20-25-18-16(19(28)26(20)23)12(9-29-18)11-5-2-1-3-6-11/h1-9H,10,23H2,(H,24,27). The smallest absolute Gasteiger partial charge is 0.282 e. The van der Waals surface area contributed by atoms with Gasteiger partial charge < -0.3 is 11.2 Å². The Morgan fingerprint density at radius 3 is 2.53 bits per heavy atom. The number of anilines is 1. The molecule has 152 valence electrons. The van der Waals surface area contributed by atoms with Gasteiger partial charge in [0, 0.05) is 10.9 Å². The molecular weight excluding hydrogens is 463 g/mol. The summed E-state index contributed by atoms with van der Waals surface area (Å²) in [5.41, 5.74) is 1.68. The lowest BCUT2D eigenvalue weighted by Gasteiger charge is -2.10. The molecule has 2 aromatic carbocycles. The summed E-state index contributed by atoms with van der Waals surface area (Å²) >= 11 is 14.6. The monoisotopic (exact) mass is 476 g/mol. The molecule has 0 atom stereocenters. The van der Waals surface area contributed by atoms with E-state index < -0.39 is 0 Å². The second-order valence-electron chi connectivity index (χ2n) is 6.20. The van der Waals surface area contributed by atoms with Crippen molar-refractivity contribution in [3.05, 3.63) is 74.3 Å². The second-order valence-corrected chi connectivity index (χ2v) is 8.81. The summed E-state index contributed by atoms with van der Waals surface area (Å²) < 4.78 is 0.974. The molecule has 0 unspecified atom stereocenters. The van der Waals surface area contributed by atoms with Crippen LogP contribution in [0.4, 0.5) is 5.69 Å². The van der Waals surface area contributed by atoms with Crippen LogP contribution in [-0.4, -0.2) is 21.3 Å². The van der Waals surface area contributed by atoms with E-state index in [9.17, 15) is 9.59 Å². The molecule has 0 saturated carbocycles. The lowest BCUT2D eigenvalue weighted by Crippen LogP contribution is -2.30. The number of amides is 1. The topological polar surface area (TPSA) is 90.0 Å². The van der Waals surface area contributed by atoms with Crippen LogP contribution in [0.3, 0.4) is 0 Å². The van der Waals surface area contributed by atoms with Crippen LogP contribution in [0.15, 0.2) is 63.9 Å². The zero-order chi connectivity index (χ0) is 21.3. The van der Waals surface area contributed by atoms with Gasteiger partial charge in [-0.2, -0.15) is 0 Å². The van der Waals surface area contributed by atoms with E-state index in [0.29, 0.717) is 25.9 Å². The third-order valence-corrected chi connectivity index (χ3v) is 6.71. The highest BCUT2D eigenvalue weighted by Crippen LogP contribution is 2.32. The Morgan fingerprint density at radius 2 is 1.83 bits per heavy atom. The van der Waals surface area contributed by atoms with Gasteiger partial charge in [-0.1, -0.05) is 71.4 Å². The highest BCUT2D eigenvalue weighted by Gasteiger charge is 2.17. The third kappa shape index (κ3) is 4.04. The van der Waals surface area contributed by atoms with Crippen LogP contribution in [0.25, 0.3) is 21.3 Å². The number of hydrogen-bond acceptors (Lipinski definition) is 6. The fraction of sp³-hybridized carbons (Fsp3) is 0.0500. The number of hydrogen-bond donors (Lipinski definition) is 2. The van der Waals surface area contributed by atoms with Crippen molar-refractivity contribution >= 4 is 68.1 Å². The number of carbonyl (C=O) groups excluding carboxylic acids is 1. The first-order valence-electron chi connectivity index (χ1n) is 8.67. The van der Waals surface area contributed by atoms with E-state index in [2.05, 4.69) is 10.3 Å². The van der Waals surface area contributed by atoms with Crippen molar-refractivity contribution in [1.82, 2.24) is 9.66 Å². The number of nitrogen functional groups attached to an aromatic ring is 1. The Morgan fingerprint density at radius 1 is 1.13 bits per heavy atom. The molecule has 30 heavy (non-hydrogen) atoms. The zero-order valence-corrected chi connectivity index (χ0v) is 18.4. The molecule has 4 aromatic rings. The molecule has 4 rings (SSSR count). The number of benzene rings is 2. The quantitative estimate of drug-likeness (QED) is 0.243. The largest absolute Gasteiger partial charge is 0.334 e. The van der Waals surface area contributed by atoms with E-state index in [1.807, 2.05) is 35.7 Å². The number of para-hydroxylation sites is 1. The highest BCUT2D eigenvalue weighted by molar-refractivity contribution is 7.99. The summed E-state index contributed by atoms with van der Waals surface area (Å²) in [5.74, 6) is 5.63. The fourth-order valence-electron chi connectivity index (χ4n) is 2.84. The molecule has 0 bridgehead atoms. The Hall–Kier alpha value is -2.52. The summed E-state index contributed by atoms with van der Waals surface area (Å²) in [6.07, 6.45) is 0. The first-order valence-corrected chi connectivity index (χ1v) is 11.3. The molecule has 0 aliphatic rings. The van der Waals surface area contributed by atoms with Crippen LogP contribution in [0.2, 0.25) is 10.0 Å². The van der Waals surface area contributed by atoms with E-state index in [1.165, 1.54) is 11.3 Å². The van der Waals surface area contributed by atoms with Crippen LogP contribution >= 0.6 is 46.3 Å². The third-order valence-electron chi connectivity index (χ3n) is 4.25. The van der Waals surface area contributed by atoms with E-state index >= 15 is 0 Å². The number of halogens is 2. The molecule has 6 nitrogen and oxygen atoms in total. The number of rotatable bonds is 5. The van der Waals surface area contributed by atoms with Crippen molar-refractivity contribution in [3.63, 3.8) is 0 Å². The van der Waals surface area contributed by atoms with Gasteiger partial charge >= 0.3 is 0 Å². The predicted octanol–water partition coefficient (Wildman–Crippen LogP) is 4.88. The van der Waals surface area contributed by atoms with E-state index in [1.54, 1.807) is 18.2 Å². The van der Waals surface area contributed by atoms with Crippen molar-refractivity contribution in [2.45, 2.75) is 5.16 Å². The molecule has 2 heterocycles. The van der Waals surface area contributed by atoms with Crippen molar-refractivity contribution in [3.8, 4) is 11.1 Å². The lowest BCUT2D eigenvalue weighted by atomic mass is 10.1. The molecule has 0 radical (unpaired) electrons. The van der Waals surface area contributed by atoms with Crippen molar-refractivity contribution in [2.75, 3.05) is 16.9 Å². The van der Waals surface area contributed by atoms with Crippen LogP contribution < -0.4 is 16.7 Å². The van der Waals surface area contributed by atoms with Gasteiger partial charge in [0.15, 0.2) is 5.16 Å². The molecule has 2 aromatic heterocycles. The van der Waals surface area contributed by atoms with Gasteiger partial charge in [0.1, 0.15) is 4.83 Å². The van der Waals surface area contributed by atoms with E-state index in [0.717, 1.165) is 27.6 Å². The van der Waals surface area contributed by atoms with Crippen LogP contribution in [0.1, 0.15) is 0 Å². The minimum Gasteiger partial charge on any atom is -0.334 e. The zero-order valence-electron chi connectivity index (χ0n) is 15.3. The maximum Gasteiger partial charge on any atom is 0.282 e. The summed E-state index contributed by atoms with van der Waals surface area (Å²) in [6.45, 7) is 0. The number of aromatic nitrogens is 2. The van der Waals surface area contributed by atoms with Crippen molar-refractivity contribution < 1.29 is 4.79 Å². The number of thioether (sulfide) groups is 1. The Balaban J connectivity index is 1.58. The minimum absolute atomic E-state index is 0.0202. The maximum atomic E-state index is 12.9. The van der Waals surface area contributed by atoms with Crippen molar-refractivity contribution in [2.24, 2.45) is 0 Å². The normalized spacial score (nSPS) is 11.0. The van der Waals surface area contributed by atoms with E-state index in [4.69, 9.17) is 29.0 Å². The molecule has 0 aliphatic carbocycles. The average Bonchev–Trinajstić information content (AvgIpc) is 3.17. The highest BCUT2D eigenvalue weighted by atomic mass is 35.5. The number of fused-ring (bicyclic) bond motifs is 1. The lowest BCUT2D eigenvalue weighted by molar-refractivity contribution is -0.113. The van der Waals surface area contributed by atoms with Crippen LogP contribution in [-0.2, 0) is 4.79 Å². The Bertz CT molecular complexity index is 1290. The summed E-state index contributed by atoms with van der Waals surface area (Å²) in [6, 6.07) is 14.5. The summed E-state index contributed by atoms with van der Waals surface area (Å²) in [7, 11) is 0. The molecule has 10 heteroatoms. The number of carbonyl (C=O) groups is 1. The Kier molecular flexibility index (Phi) is 6.01. The molecule has 0 spiro atoms. The summed E-state index contributed by atoms with van der Waals surface area (Å²) in [5, 5.41) is 5.93. The summed E-state index contributed by atoms with van der Waals surface area (Å²) in [4.78, 5) is 30.3. The van der Waals surface area contributed by atoms with Gasteiger partial charge in [0.25, 0.3) is 5.56 Å².